The molecule has 0 bridgehead atoms. The zero-order valence-corrected chi connectivity index (χ0v) is 8.71. The van der Waals surface area contributed by atoms with E-state index in [9.17, 15) is 0 Å². The zero-order valence-electron chi connectivity index (χ0n) is 7.90. The molecule has 14 heavy (non-hydrogen) atoms. The third kappa shape index (κ3) is 2.09. The summed E-state index contributed by atoms with van der Waals surface area (Å²) in [5.74, 6) is 0.896. The summed E-state index contributed by atoms with van der Waals surface area (Å²) in [7, 11) is 1.86. The predicted octanol–water partition coefficient (Wildman–Crippen LogP) is 2.17. The average Bonchev–Trinajstić information content (AvgIpc) is 2.72. The molecule has 0 saturated heterocycles. The van der Waals surface area contributed by atoms with Crippen LogP contribution in [0.4, 0.5) is 5.82 Å². The Bertz CT molecular complexity index is 380. The van der Waals surface area contributed by atoms with Crippen molar-refractivity contribution < 1.29 is 0 Å². The summed E-state index contributed by atoms with van der Waals surface area (Å²) in [4.78, 5) is 8.47. The van der Waals surface area contributed by atoms with Crippen LogP contribution in [0, 0.1) is 0 Å². The highest BCUT2D eigenvalue weighted by Crippen LogP contribution is 2.12. The number of hydrogen-bond donors (Lipinski definition) is 1. The van der Waals surface area contributed by atoms with Gasteiger partial charge < -0.3 is 5.32 Å². The Morgan fingerprint density at radius 3 is 2.86 bits per heavy atom. The number of nitrogens with zero attached hydrogens (tertiary/aromatic N) is 2. The highest BCUT2D eigenvalue weighted by Gasteiger charge is 1.98. The van der Waals surface area contributed by atoms with Gasteiger partial charge in [0.1, 0.15) is 5.82 Å². The summed E-state index contributed by atoms with van der Waals surface area (Å²) in [5, 5.41) is 6.11. The van der Waals surface area contributed by atoms with Gasteiger partial charge in [-0.25, -0.2) is 9.97 Å². The van der Waals surface area contributed by atoms with Gasteiger partial charge in [-0.15, -0.1) is 11.3 Å². The number of rotatable bonds is 3. The molecule has 0 unspecified atom stereocenters. The number of pyridine rings is 1. The molecular weight excluding hydrogens is 194 g/mol. The SMILES string of the molecule is CNc1ccc(Cc2nccs2)cn1. The van der Waals surface area contributed by atoms with Gasteiger partial charge >= 0.3 is 0 Å². The van der Waals surface area contributed by atoms with Crippen molar-refractivity contribution >= 4 is 17.2 Å². The van der Waals surface area contributed by atoms with Crippen LogP contribution in [0.2, 0.25) is 0 Å². The summed E-state index contributed by atoms with van der Waals surface area (Å²) >= 11 is 1.67. The molecule has 2 aromatic rings. The Hall–Kier alpha value is -1.42. The molecular formula is C10H11N3S. The van der Waals surface area contributed by atoms with E-state index < -0.39 is 0 Å². The number of aromatic nitrogens is 2. The second-order valence-electron chi connectivity index (χ2n) is 2.90. The van der Waals surface area contributed by atoms with Crippen molar-refractivity contribution in [2.24, 2.45) is 0 Å². The summed E-state index contributed by atoms with van der Waals surface area (Å²) in [5.41, 5.74) is 1.19. The van der Waals surface area contributed by atoms with Crippen molar-refractivity contribution in [1.29, 1.82) is 0 Å². The lowest BCUT2D eigenvalue weighted by molar-refractivity contribution is 1.11. The maximum atomic E-state index is 4.24. The van der Waals surface area contributed by atoms with Gasteiger partial charge in [-0.3, -0.25) is 0 Å². The fraction of sp³-hybridized carbons (Fsp3) is 0.200. The number of anilines is 1. The minimum atomic E-state index is 0.870. The highest BCUT2D eigenvalue weighted by atomic mass is 32.1. The van der Waals surface area contributed by atoms with Crippen LogP contribution in [0.25, 0.3) is 0 Å². The van der Waals surface area contributed by atoms with Crippen LogP contribution in [0.15, 0.2) is 29.9 Å². The first-order chi connectivity index (χ1) is 6.88. The van der Waals surface area contributed by atoms with E-state index >= 15 is 0 Å². The van der Waals surface area contributed by atoms with Gasteiger partial charge in [0, 0.05) is 31.2 Å². The predicted molar refractivity (Wildman–Crippen MR) is 58.7 cm³/mol. The third-order valence-corrected chi connectivity index (χ3v) is 2.70. The van der Waals surface area contributed by atoms with Gasteiger partial charge in [0.05, 0.1) is 5.01 Å². The molecule has 0 spiro atoms. The Kier molecular flexibility index (Phi) is 2.74. The summed E-state index contributed by atoms with van der Waals surface area (Å²) < 4.78 is 0. The summed E-state index contributed by atoms with van der Waals surface area (Å²) in [6.07, 6.45) is 4.58. The first-order valence-corrected chi connectivity index (χ1v) is 5.27. The molecule has 0 fully saturated rings. The second-order valence-corrected chi connectivity index (χ2v) is 3.88. The van der Waals surface area contributed by atoms with Crippen LogP contribution in [0.3, 0.4) is 0 Å². The quantitative estimate of drug-likeness (QED) is 0.834. The Morgan fingerprint density at radius 1 is 1.36 bits per heavy atom. The number of nitrogens with one attached hydrogen (secondary N) is 1. The van der Waals surface area contributed by atoms with E-state index in [1.165, 1.54) is 5.56 Å². The fourth-order valence-electron chi connectivity index (χ4n) is 1.19. The van der Waals surface area contributed by atoms with Crippen molar-refractivity contribution in [3.63, 3.8) is 0 Å². The fourth-order valence-corrected chi connectivity index (χ4v) is 1.84. The molecule has 0 aliphatic rings. The van der Waals surface area contributed by atoms with Gasteiger partial charge in [-0.2, -0.15) is 0 Å². The normalized spacial score (nSPS) is 10.1. The molecule has 0 radical (unpaired) electrons. The first-order valence-electron chi connectivity index (χ1n) is 4.39. The number of thiazole rings is 1. The van der Waals surface area contributed by atoms with E-state index in [1.807, 2.05) is 30.9 Å². The average molecular weight is 205 g/mol. The van der Waals surface area contributed by atoms with Crippen molar-refractivity contribution in [2.75, 3.05) is 12.4 Å². The third-order valence-electron chi connectivity index (χ3n) is 1.92. The zero-order chi connectivity index (χ0) is 9.80. The van der Waals surface area contributed by atoms with Crippen molar-refractivity contribution in [3.8, 4) is 0 Å². The minimum absolute atomic E-state index is 0.870. The van der Waals surface area contributed by atoms with Crippen LogP contribution in [0.5, 0.6) is 0 Å². The van der Waals surface area contributed by atoms with Gasteiger partial charge in [0.15, 0.2) is 0 Å². The summed E-state index contributed by atoms with van der Waals surface area (Å²) in [6.45, 7) is 0. The first kappa shape index (κ1) is 9.15. The van der Waals surface area contributed by atoms with E-state index in [4.69, 9.17) is 0 Å². The van der Waals surface area contributed by atoms with E-state index in [2.05, 4.69) is 21.4 Å². The van der Waals surface area contributed by atoms with Gasteiger partial charge in [-0.1, -0.05) is 6.07 Å². The van der Waals surface area contributed by atoms with E-state index in [0.717, 1.165) is 17.2 Å². The molecule has 2 rings (SSSR count). The monoisotopic (exact) mass is 205 g/mol. The molecule has 2 heterocycles. The van der Waals surface area contributed by atoms with Gasteiger partial charge in [0.2, 0.25) is 0 Å². The van der Waals surface area contributed by atoms with Crippen LogP contribution < -0.4 is 5.32 Å². The molecule has 3 nitrogen and oxygen atoms in total. The van der Waals surface area contributed by atoms with E-state index in [-0.39, 0.29) is 0 Å². The van der Waals surface area contributed by atoms with Crippen LogP contribution in [0.1, 0.15) is 10.6 Å². The lowest BCUT2D eigenvalue weighted by atomic mass is 10.2. The lowest BCUT2D eigenvalue weighted by Gasteiger charge is -2.00. The molecule has 0 amide bonds. The van der Waals surface area contributed by atoms with E-state index in [0.29, 0.717) is 0 Å². The van der Waals surface area contributed by atoms with Gasteiger partial charge in [0.25, 0.3) is 0 Å². The minimum Gasteiger partial charge on any atom is -0.373 e. The van der Waals surface area contributed by atoms with Gasteiger partial charge in [-0.05, 0) is 11.6 Å². The lowest BCUT2D eigenvalue weighted by Crippen LogP contribution is -1.93. The maximum absolute atomic E-state index is 4.24. The molecule has 0 aliphatic heterocycles. The smallest absolute Gasteiger partial charge is 0.125 e. The molecule has 2 aromatic heterocycles. The number of hydrogen-bond acceptors (Lipinski definition) is 4. The molecule has 0 saturated carbocycles. The van der Waals surface area contributed by atoms with Crippen molar-refractivity contribution in [2.45, 2.75) is 6.42 Å². The van der Waals surface area contributed by atoms with Crippen LogP contribution in [-0.4, -0.2) is 17.0 Å². The molecule has 0 aromatic carbocycles. The Labute approximate surface area is 86.8 Å². The second kappa shape index (κ2) is 4.19. The van der Waals surface area contributed by atoms with Crippen LogP contribution >= 0.6 is 11.3 Å². The molecule has 0 atom stereocenters. The molecule has 72 valence electrons. The molecule has 1 N–H and O–H groups in total. The summed E-state index contributed by atoms with van der Waals surface area (Å²) in [6, 6.07) is 4.04. The standard InChI is InChI=1S/C10H11N3S/c1-11-9-3-2-8(7-13-9)6-10-12-4-5-14-10/h2-5,7H,6H2,1H3,(H,11,13). The Balaban J connectivity index is 2.10. The molecule has 0 aliphatic carbocycles. The largest absolute Gasteiger partial charge is 0.373 e. The topological polar surface area (TPSA) is 37.8 Å². The Morgan fingerprint density at radius 2 is 2.29 bits per heavy atom. The van der Waals surface area contributed by atoms with Crippen LogP contribution in [-0.2, 0) is 6.42 Å². The molecule has 4 heteroatoms. The van der Waals surface area contributed by atoms with Crippen molar-refractivity contribution in [1.82, 2.24) is 9.97 Å². The van der Waals surface area contributed by atoms with Crippen molar-refractivity contribution in [3.05, 3.63) is 40.5 Å². The highest BCUT2D eigenvalue weighted by molar-refractivity contribution is 7.09. The van der Waals surface area contributed by atoms with E-state index in [1.54, 1.807) is 11.3 Å². The maximum Gasteiger partial charge on any atom is 0.125 e.